The third-order valence-corrected chi connectivity index (χ3v) is 8.06. The normalized spacial score (nSPS) is 15.1. The zero-order chi connectivity index (χ0) is 24.4. The Hall–Kier alpha value is -3.75. The molecule has 0 fully saturated rings. The van der Waals surface area contributed by atoms with Crippen molar-refractivity contribution in [2.45, 2.75) is 39.0 Å². The number of aromatic nitrogens is 5. The first-order chi connectivity index (χ1) is 17.5. The number of hydrogen-bond acceptors (Lipinski definition) is 6. The minimum absolute atomic E-state index is 0.203. The van der Waals surface area contributed by atoms with Gasteiger partial charge in [-0.3, -0.25) is 0 Å². The number of hydrogen-bond donors (Lipinski definition) is 0. The van der Waals surface area contributed by atoms with Crippen LogP contribution in [0.15, 0.2) is 61.1 Å². The van der Waals surface area contributed by atoms with E-state index in [1.807, 2.05) is 16.6 Å². The molecule has 180 valence electrons. The maximum Gasteiger partial charge on any atom is 0.184 e. The van der Waals surface area contributed by atoms with Gasteiger partial charge in [0.1, 0.15) is 16.9 Å². The Balaban J connectivity index is 1.37. The van der Waals surface area contributed by atoms with Crippen LogP contribution >= 0.6 is 11.3 Å². The summed E-state index contributed by atoms with van der Waals surface area (Å²) in [6, 6.07) is 16.6. The Labute approximate surface area is 211 Å². The summed E-state index contributed by atoms with van der Waals surface area (Å²) in [6.07, 6.45) is 4.78. The van der Waals surface area contributed by atoms with E-state index in [1.54, 1.807) is 24.8 Å². The highest BCUT2D eigenvalue weighted by molar-refractivity contribution is 7.19. The lowest BCUT2D eigenvalue weighted by Gasteiger charge is -2.30. The third-order valence-electron chi connectivity index (χ3n) is 6.95. The van der Waals surface area contributed by atoms with Crippen molar-refractivity contribution in [1.29, 1.82) is 0 Å². The highest BCUT2D eigenvalue weighted by Crippen LogP contribution is 2.40. The van der Waals surface area contributed by atoms with Gasteiger partial charge in [0.15, 0.2) is 11.5 Å². The molecule has 0 N–H and O–H groups in total. The average molecular weight is 496 g/mol. The maximum atomic E-state index is 6.05. The van der Waals surface area contributed by atoms with Crippen molar-refractivity contribution in [3.05, 3.63) is 77.1 Å². The van der Waals surface area contributed by atoms with E-state index in [1.165, 1.54) is 16.0 Å². The van der Waals surface area contributed by atoms with E-state index < -0.39 is 0 Å². The van der Waals surface area contributed by atoms with Crippen molar-refractivity contribution >= 4 is 38.1 Å². The lowest BCUT2D eigenvalue weighted by atomic mass is 9.94. The predicted octanol–water partition coefficient (Wildman–Crippen LogP) is 5.87. The van der Waals surface area contributed by atoms with Crippen LogP contribution in [-0.4, -0.2) is 36.9 Å². The molecule has 7 nitrogen and oxygen atoms in total. The van der Waals surface area contributed by atoms with E-state index in [2.05, 4.69) is 61.0 Å². The molecule has 0 amide bonds. The van der Waals surface area contributed by atoms with Crippen molar-refractivity contribution in [2.75, 3.05) is 7.11 Å². The summed E-state index contributed by atoms with van der Waals surface area (Å²) in [5.74, 6) is 1.57. The molecule has 1 aliphatic heterocycles. The molecule has 7 rings (SSSR count). The number of ether oxygens (including phenoxy) is 2. The van der Waals surface area contributed by atoms with Crippen molar-refractivity contribution in [1.82, 2.24) is 24.1 Å². The second-order valence-corrected chi connectivity index (χ2v) is 11.0. The first-order valence-corrected chi connectivity index (χ1v) is 12.8. The van der Waals surface area contributed by atoms with Gasteiger partial charge in [0.05, 0.1) is 24.7 Å². The van der Waals surface area contributed by atoms with Crippen LogP contribution in [0.2, 0.25) is 0 Å². The molecule has 6 aromatic rings. The summed E-state index contributed by atoms with van der Waals surface area (Å²) in [5, 5.41) is 7.12. The number of thiophene rings is 1. The van der Waals surface area contributed by atoms with E-state index >= 15 is 0 Å². The molecule has 2 aromatic carbocycles. The van der Waals surface area contributed by atoms with Gasteiger partial charge in [0, 0.05) is 40.5 Å². The number of rotatable bonds is 4. The summed E-state index contributed by atoms with van der Waals surface area (Å²) < 4.78 is 15.4. The number of para-hydroxylation sites is 1. The number of benzene rings is 2. The Kier molecular flexibility index (Phi) is 4.71. The monoisotopic (exact) mass is 495 g/mol. The lowest BCUT2D eigenvalue weighted by molar-refractivity contribution is -0.0379. The van der Waals surface area contributed by atoms with Crippen LogP contribution in [0.3, 0.4) is 0 Å². The number of nitrogens with zero attached hydrogens (tertiary/aromatic N) is 5. The average Bonchev–Trinajstić information content (AvgIpc) is 3.57. The predicted molar refractivity (Wildman–Crippen MR) is 142 cm³/mol. The molecule has 0 spiro atoms. The summed E-state index contributed by atoms with van der Waals surface area (Å²) in [4.78, 5) is 12.0. The van der Waals surface area contributed by atoms with Crippen LogP contribution in [0.4, 0.5) is 0 Å². The molecular formula is C28H25N5O2S. The first-order valence-electron chi connectivity index (χ1n) is 12.0. The quantitative estimate of drug-likeness (QED) is 0.306. The van der Waals surface area contributed by atoms with Gasteiger partial charge in [-0.05, 0) is 43.2 Å². The topological polar surface area (TPSA) is 66.5 Å². The second-order valence-electron chi connectivity index (χ2n) is 9.89. The number of methoxy groups -OCH3 is 1. The Morgan fingerprint density at radius 2 is 1.94 bits per heavy atom. The summed E-state index contributed by atoms with van der Waals surface area (Å²) in [5.41, 5.74) is 5.32. The third kappa shape index (κ3) is 3.40. The molecule has 0 radical (unpaired) electrons. The van der Waals surface area contributed by atoms with Crippen LogP contribution in [0.1, 0.15) is 29.9 Å². The molecule has 0 unspecified atom stereocenters. The molecule has 36 heavy (non-hydrogen) atoms. The molecule has 0 bridgehead atoms. The first kappa shape index (κ1) is 21.5. The van der Waals surface area contributed by atoms with E-state index in [4.69, 9.17) is 24.5 Å². The van der Waals surface area contributed by atoms with Gasteiger partial charge >= 0.3 is 0 Å². The fourth-order valence-corrected chi connectivity index (χ4v) is 6.20. The molecule has 0 atom stereocenters. The van der Waals surface area contributed by atoms with E-state index in [0.717, 1.165) is 51.0 Å². The smallest absolute Gasteiger partial charge is 0.184 e. The minimum Gasteiger partial charge on any atom is -0.497 e. The van der Waals surface area contributed by atoms with Gasteiger partial charge in [-0.25, -0.2) is 14.5 Å². The van der Waals surface area contributed by atoms with Crippen LogP contribution in [0, 0.1) is 0 Å². The van der Waals surface area contributed by atoms with Gasteiger partial charge in [0.2, 0.25) is 0 Å². The van der Waals surface area contributed by atoms with Crippen LogP contribution in [-0.2, 0) is 24.3 Å². The molecule has 0 aliphatic carbocycles. The molecule has 4 aromatic heterocycles. The molecule has 8 heteroatoms. The Bertz CT molecular complexity index is 1760. The summed E-state index contributed by atoms with van der Waals surface area (Å²) in [6.45, 7) is 5.64. The fraction of sp³-hybridized carbons (Fsp3) is 0.250. The van der Waals surface area contributed by atoms with E-state index in [9.17, 15) is 0 Å². The highest BCUT2D eigenvalue weighted by Gasteiger charge is 2.31. The van der Waals surface area contributed by atoms with Crippen LogP contribution < -0.4 is 4.74 Å². The van der Waals surface area contributed by atoms with E-state index in [0.29, 0.717) is 12.4 Å². The number of fused-ring (bicyclic) bond motifs is 6. The van der Waals surface area contributed by atoms with Crippen molar-refractivity contribution < 1.29 is 9.47 Å². The zero-order valence-electron chi connectivity index (χ0n) is 20.4. The van der Waals surface area contributed by atoms with Crippen molar-refractivity contribution in [3.8, 4) is 17.1 Å². The Morgan fingerprint density at radius 1 is 1.11 bits per heavy atom. The van der Waals surface area contributed by atoms with Gasteiger partial charge in [-0.1, -0.05) is 30.3 Å². The molecule has 5 heterocycles. The summed E-state index contributed by atoms with van der Waals surface area (Å²) in [7, 11) is 1.69. The molecule has 1 aliphatic rings. The Morgan fingerprint density at radius 3 is 2.78 bits per heavy atom. The van der Waals surface area contributed by atoms with Gasteiger partial charge in [-0.15, -0.1) is 16.4 Å². The largest absolute Gasteiger partial charge is 0.497 e. The summed E-state index contributed by atoms with van der Waals surface area (Å²) >= 11 is 1.70. The van der Waals surface area contributed by atoms with Gasteiger partial charge in [-0.2, -0.15) is 0 Å². The molecule has 0 saturated carbocycles. The lowest BCUT2D eigenvalue weighted by Crippen LogP contribution is -2.31. The molecular weight excluding hydrogens is 470 g/mol. The van der Waals surface area contributed by atoms with Crippen molar-refractivity contribution in [2.24, 2.45) is 0 Å². The van der Waals surface area contributed by atoms with Crippen LogP contribution in [0.5, 0.6) is 5.75 Å². The fourth-order valence-electron chi connectivity index (χ4n) is 5.14. The SMILES string of the molecule is COc1ccc(Cn2cc(-c3nc4c5c6c(sc5ncn4n3)COC(C)(C)C6)c3ccccc32)cc1. The zero-order valence-corrected chi connectivity index (χ0v) is 21.2. The van der Waals surface area contributed by atoms with Gasteiger partial charge < -0.3 is 14.0 Å². The molecule has 0 saturated heterocycles. The second kappa shape index (κ2) is 7.88. The highest BCUT2D eigenvalue weighted by atomic mass is 32.1. The minimum atomic E-state index is -0.203. The van der Waals surface area contributed by atoms with Crippen molar-refractivity contribution in [3.63, 3.8) is 0 Å². The standard InChI is InChI=1S/C28H25N5O2S/c1-28(2)12-20-23(15-35-28)36-27-24(20)26-30-25(31-33(26)16-29-27)21-14-32(22-7-5-4-6-19(21)22)13-17-8-10-18(34-3)11-9-17/h4-11,14,16H,12-13,15H2,1-3H3. The van der Waals surface area contributed by atoms with Gasteiger partial charge in [0.25, 0.3) is 0 Å². The van der Waals surface area contributed by atoms with E-state index in [-0.39, 0.29) is 5.60 Å². The van der Waals surface area contributed by atoms with Crippen LogP contribution in [0.25, 0.3) is 38.2 Å². The maximum absolute atomic E-state index is 6.05.